The molecule has 0 aliphatic carbocycles. The number of hydrogen-bond acceptors (Lipinski definition) is 2. The van der Waals surface area contributed by atoms with Gasteiger partial charge in [-0.05, 0) is 0 Å². The molecular weight excluding hydrogens is 298 g/mol. The molecule has 0 fully saturated rings. The van der Waals surface area contributed by atoms with Crippen LogP contribution < -0.4 is 4.35 Å². The van der Waals surface area contributed by atoms with Gasteiger partial charge in [-0.2, -0.15) is 0 Å². The van der Waals surface area contributed by atoms with E-state index in [1.165, 1.54) is 22.9 Å². The zero-order chi connectivity index (χ0) is 11.1. The van der Waals surface area contributed by atoms with E-state index in [1.54, 1.807) is 18.2 Å². The average molecular weight is 308 g/mol. The Morgan fingerprint density at radius 3 is 2.12 bits per heavy atom. The van der Waals surface area contributed by atoms with Gasteiger partial charge in [0.2, 0.25) is 0 Å². The molecular formula is C10H10AsNaO3S. The summed E-state index contributed by atoms with van der Waals surface area (Å²) in [5.41, 5.74) is 0. The quantitative estimate of drug-likeness (QED) is 0.581. The molecule has 3 nitrogen and oxygen atoms in total. The summed E-state index contributed by atoms with van der Waals surface area (Å²) in [5, 5.41) is 1.44. The summed E-state index contributed by atoms with van der Waals surface area (Å²) in [6, 6.07) is 10.3. The Bertz CT molecular complexity index is 625. The predicted molar refractivity (Wildman–Crippen MR) is 69.1 cm³/mol. The number of fused-ring (bicyclic) bond motifs is 1. The number of benzene rings is 2. The van der Waals surface area contributed by atoms with E-state index in [0.29, 0.717) is 5.39 Å². The van der Waals surface area contributed by atoms with Crippen LogP contribution in [0.3, 0.4) is 0 Å². The molecule has 16 heavy (non-hydrogen) atoms. The standard InChI is InChI=1S/C10H9AsO3S.Na.H/c11-9-5-6-10(15(12,13)14)8-4-2-1-3-7(8)9;;/h1-6H,11H2,(H,12,13,14);;. The van der Waals surface area contributed by atoms with Gasteiger partial charge in [-0.25, -0.2) is 0 Å². The molecule has 0 aliphatic heterocycles. The molecule has 0 amide bonds. The van der Waals surface area contributed by atoms with Crippen molar-refractivity contribution in [2.75, 3.05) is 0 Å². The van der Waals surface area contributed by atoms with Crippen LogP contribution in [0.1, 0.15) is 0 Å². The van der Waals surface area contributed by atoms with Gasteiger partial charge in [-0.15, -0.1) is 0 Å². The van der Waals surface area contributed by atoms with Crippen molar-refractivity contribution in [3.63, 3.8) is 0 Å². The first-order valence-corrected chi connectivity index (χ1v) is 6.90. The average Bonchev–Trinajstić information content (AvgIpc) is 2.17. The molecule has 0 saturated carbocycles. The Morgan fingerprint density at radius 1 is 1.00 bits per heavy atom. The van der Waals surface area contributed by atoms with Crippen molar-refractivity contribution in [3.05, 3.63) is 36.4 Å². The summed E-state index contributed by atoms with van der Waals surface area (Å²) < 4.78 is 32.3. The van der Waals surface area contributed by atoms with E-state index >= 15 is 0 Å². The van der Waals surface area contributed by atoms with Gasteiger partial charge in [0, 0.05) is 0 Å². The fraction of sp³-hybridized carbons (Fsp3) is 0. The monoisotopic (exact) mass is 308 g/mol. The maximum absolute atomic E-state index is 11.1. The van der Waals surface area contributed by atoms with Crippen molar-refractivity contribution >= 4 is 71.7 Å². The third-order valence-corrected chi connectivity index (χ3v) is 4.16. The van der Waals surface area contributed by atoms with Gasteiger partial charge in [0.15, 0.2) is 0 Å². The zero-order valence-electron chi connectivity index (χ0n) is 7.71. The first-order chi connectivity index (χ1) is 7.00. The van der Waals surface area contributed by atoms with Crippen molar-refractivity contribution in [1.29, 1.82) is 0 Å². The second kappa shape index (κ2) is 5.21. The van der Waals surface area contributed by atoms with Crippen molar-refractivity contribution in [3.8, 4) is 0 Å². The molecule has 0 radical (unpaired) electrons. The molecule has 0 aliphatic rings. The van der Waals surface area contributed by atoms with Crippen LogP contribution in [0.25, 0.3) is 10.8 Å². The van der Waals surface area contributed by atoms with Crippen LogP contribution in [0.2, 0.25) is 0 Å². The summed E-state index contributed by atoms with van der Waals surface area (Å²) >= 11 is 1.42. The van der Waals surface area contributed by atoms with Crippen molar-refractivity contribution < 1.29 is 13.0 Å². The van der Waals surface area contributed by atoms with Gasteiger partial charge in [0.1, 0.15) is 0 Å². The number of hydrogen-bond donors (Lipinski definition) is 1. The fourth-order valence-corrected chi connectivity index (χ4v) is 2.95. The molecule has 0 saturated heterocycles. The van der Waals surface area contributed by atoms with E-state index in [2.05, 4.69) is 0 Å². The summed E-state index contributed by atoms with van der Waals surface area (Å²) in [5.74, 6) is 0. The van der Waals surface area contributed by atoms with Crippen molar-refractivity contribution in [1.82, 2.24) is 0 Å². The minimum absolute atomic E-state index is 0. The van der Waals surface area contributed by atoms with Crippen molar-refractivity contribution in [2.45, 2.75) is 4.90 Å². The summed E-state index contributed by atoms with van der Waals surface area (Å²) in [6.45, 7) is 0. The van der Waals surface area contributed by atoms with Gasteiger partial charge >= 0.3 is 126 Å². The molecule has 1 unspecified atom stereocenters. The van der Waals surface area contributed by atoms with Crippen molar-refractivity contribution in [2.24, 2.45) is 0 Å². The molecule has 1 N–H and O–H groups in total. The van der Waals surface area contributed by atoms with Crippen LogP contribution in [-0.4, -0.2) is 59.4 Å². The van der Waals surface area contributed by atoms with E-state index in [1.807, 2.05) is 12.1 Å². The summed E-state index contributed by atoms with van der Waals surface area (Å²) in [4.78, 5) is -0.0282. The Morgan fingerprint density at radius 2 is 1.56 bits per heavy atom. The molecule has 6 heteroatoms. The van der Waals surface area contributed by atoms with Crippen LogP contribution >= 0.6 is 0 Å². The van der Waals surface area contributed by atoms with Gasteiger partial charge in [-0.1, -0.05) is 0 Å². The number of rotatable bonds is 1. The van der Waals surface area contributed by atoms with Gasteiger partial charge in [0.05, 0.1) is 0 Å². The van der Waals surface area contributed by atoms with E-state index in [9.17, 15) is 8.42 Å². The Kier molecular flexibility index (Phi) is 4.64. The van der Waals surface area contributed by atoms with Gasteiger partial charge in [0.25, 0.3) is 0 Å². The second-order valence-electron chi connectivity index (χ2n) is 3.17. The molecule has 0 bridgehead atoms. The summed E-state index contributed by atoms with van der Waals surface area (Å²) in [6.07, 6.45) is 0. The third-order valence-electron chi connectivity index (χ3n) is 2.20. The Balaban J connectivity index is 0.00000128. The van der Waals surface area contributed by atoms with Gasteiger partial charge in [-0.3, -0.25) is 0 Å². The molecule has 80 valence electrons. The summed E-state index contributed by atoms with van der Waals surface area (Å²) in [7, 11) is -4.14. The third kappa shape index (κ3) is 2.70. The molecule has 0 heterocycles. The first-order valence-electron chi connectivity index (χ1n) is 4.25. The Labute approximate surface area is 125 Å². The Hall–Kier alpha value is 0.168. The van der Waals surface area contributed by atoms with E-state index < -0.39 is 10.1 Å². The van der Waals surface area contributed by atoms with E-state index in [0.717, 1.165) is 9.74 Å². The van der Waals surface area contributed by atoms with Crippen LogP contribution in [-0.2, 0) is 10.1 Å². The topological polar surface area (TPSA) is 54.4 Å². The van der Waals surface area contributed by atoms with Gasteiger partial charge < -0.3 is 0 Å². The van der Waals surface area contributed by atoms with Crippen LogP contribution in [0.5, 0.6) is 0 Å². The second-order valence-corrected chi connectivity index (χ2v) is 5.87. The zero-order valence-corrected chi connectivity index (χ0v) is 11.0. The molecule has 0 spiro atoms. The van der Waals surface area contributed by atoms with Crippen LogP contribution in [0.4, 0.5) is 0 Å². The SMILES string of the molecule is O=S(=O)(O)c1ccc([AsH2])c2ccccc12.[NaH]. The molecule has 2 rings (SSSR count). The van der Waals surface area contributed by atoms with Crippen LogP contribution in [0, 0.1) is 0 Å². The van der Waals surface area contributed by atoms with E-state index in [-0.39, 0.29) is 34.5 Å². The molecule has 1 atom stereocenters. The fourth-order valence-electron chi connectivity index (χ4n) is 1.52. The minimum atomic E-state index is -4.14. The first kappa shape index (κ1) is 14.2. The predicted octanol–water partition coefficient (Wildman–Crippen LogP) is -0.304. The maximum atomic E-state index is 11.1. The van der Waals surface area contributed by atoms with E-state index in [4.69, 9.17) is 4.55 Å². The van der Waals surface area contributed by atoms with Crippen LogP contribution in [0.15, 0.2) is 41.3 Å². The molecule has 0 aromatic heterocycles. The normalized spacial score (nSPS) is 11.1. The molecule has 2 aromatic rings. The molecule has 2 aromatic carbocycles.